The van der Waals surface area contributed by atoms with Crippen LogP contribution in [0.25, 0.3) is 0 Å². The number of carbonyl (C=O) groups excluding carboxylic acids is 1. The van der Waals surface area contributed by atoms with E-state index in [4.69, 9.17) is 9.63 Å². The predicted octanol–water partition coefficient (Wildman–Crippen LogP) is 0.484. The largest absolute Gasteiger partial charge is 0.393 e. The third-order valence-corrected chi connectivity index (χ3v) is 1.71. The molecule has 14 heavy (non-hydrogen) atoms. The van der Waals surface area contributed by atoms with Gasteiger partial charge < -0.3 is 14.9 Å². The maximum atomic E-state index is 11.3. The molecule has 0 bridgehead atoms. The second-order valence-corrected chi connectivity index (χ2v) is 3.22. The fourth-order valence-electron chi connectivity index (χ4n) is 0.959. The number of aryl methyl sites for hydroxylation is 1. The third kappa shape index (κ3) is 3.18. The van der Waals surface area contributed by atoms with Crippen LogP contribution in [-0.2, 0) is 0 Å². The number of amides is 1. The van der Waals surface area contributed by atoms with E-state index < -0.39 is 6.10 Å². The first-order valence-corrected chi connectivity index (χ1v) is 4.49. The van der Waals surface area contributed by atoms with Gasteiger partial charge in [-0.15, -0.1) is 0 Å². The Morgan fingerprint density at radius 3 is 3.00 bits per heavy atom. The number of nitrogens with zero attached hydrogens (tertiary/aromatic N) is 1. The van der Waals surface area contributed by atoms with Crippen LogP contribution in [0.4, 0.5) is 0 Å². The van der Waals surface area contributed by atoms with Gasteiger partial charge in [-0.25, -0.2) is 0 Å². The Labute approximate surface area is 82.1 Å². The van der Waals surface area contributed by atoms with Crippen LogP contribution in [0.3, 0.4) is 0 Å². The lowest BCUT2D eigenvalue weighted by atomic mass is 10.3. The first-order valence-electron chi connectivity index (χ1n) is 4.49. The molecule has 1 atom stereocenters. The second-order valence-electron chi connectivity index (χ2n) is 3.22. The van der Waals surface area contributed by atoms with Crippen molar-refractivity contribution in [2.24, 2.45) is 0 Å². The average molecular weight is 198 g/mol. The molecule has 5 nitrogen and oxygen atoms in total. The second kappa shape index (κ2) is 4.76. The third-order valence-electron chi connectivity index (χ3n) is 1.71. The van der Waals surface area contributed by atoms with Crippen LogP contribution in [0.15, 0.2) is 10.6 Å². The minimum Gasteiger partial charge on any atom is -0.393 e. The number of nitrogens with one attached hydrogen (secondary N) is 1. The van der Waals surface area contributed by atoms with Crippen LogP contribution < -0.4 is 5.32 Å². The van der Waals surface area contributed by atoms with E-state index in [-0.39, 0.29) is 11.6 Å². The molecule has 5 heteroatoms. The average Bonchev–Trinajstić information content (AvgIpc) is 2.51. The molecule has 1 heterocycles. The van der Waals surface area contributed by atoms with Gasteiger partial charge in [0, 0.05) is 12.6 Å². The maximum Gasteiger partial charge on any atom is 0.273 e. The van der Waals surface area contributed by atoms with Crippen molar-refractivity contribution in [3.63, 3.8) is 0 Å². The zero-order valence-electron chi connectivity index (χ0n) is 8.28. The first kappa shape index (κ1) is 10.7. The Balaban J connectivity index is 2.36. The van der Waals surface area contributed by atoms with E-state index in [1.165, 1.54) is 0 Å². The molecule has 0 aliphatic rings. The van der Waals surface area contributed by atoms with Crippen molar-refractivity contribution < 1.29 is 14.4 Å². The van der Waals surface area contributed by atoms with Crippen LogP contribution in [0, 0.1) is 6.92 Å². The highest BCUT2D eigenvalue weighted by molar-refractivity contribution is 5.92. The molecule has 78 valence electrons. The quantitative estimate of drug-likeness (QED) is 0.738. The molecular formula is C9H14N2O3. The van der Waals surface area contributed by atoms with Crippen molar-refractivity contribution in [1.29, 1.82) is 0 Å². The molecule has 0 aliphatic carbocycles. The van der Waals surface area contributed by atoms with Crippen LogP contribution in [0.2, 0.25) is 0 Å². The van der Waals surface area contributed by atoms with Gasteiger partial charge in [0.15, 0.2) is 5.69 Å². The summed E-state index contributed by atoms with van der Waals surface area (Å²) in [6.07, 6.45) is 0.122. The first-order chi connectivity index (χ1) is 6.59. The lowest BCUT2D eigenvalue weighted by Crippen LogP contribution is -2.26. The van der Waals surface area contributed by atoms with E-state index >= 15 is 0 Å². The monoisotopic (exact) mass is 198 g/mol. The number of carbonyl (C=O) groups is 1. The topological polar surface area (TPSA) is 75.4 Å². The summed E-state index contributed by atoms with van der Waals surface area (Å²) in [5.74, 6) is 0.327. The summed E-state index contributed by atoms with van der Waals surface area (Å²) in [7, 11) is 0. The van der Waals surface area contributed by atoms with Gasteiger partial charge in [0.2, 0.25) is 0 Å². The summed E-state index contributed by atoms with van der Waals surface area (Å²) in [5.41, 5.74) is 0.271. The molecular weight excluding hydrogens is 184 g/mol. The van der Waals surface area contributed by atoms with Crippen molar-refractivity contribution in [3.8, 4) is 0 Å². The van der Waals surface area contributed by atoms with Gasteiger partial charge in [0.05, 0.1) is 6.10 Å². The predicted molar refractivity (Wildman–Crippen MR) is 49.9 cm³/mol. The molecule has 0 fully saturated rings. The highest BCUT2D eigenvalue weighted by Crippen LogP contribution is 2.00. The van der Waals surface area contributed by atoms with Gasteiger partial charge >= 0.3 is 0 Å². The standard InChI is InChI=1S/C9H14N2O3/c1-6(12)3-4-10-9(13)8-5-7(2)14-11-8/h5-6,12H,3-4H2,1-2H3,(H,10,13). The fraction of sp³-hybridized carbons (Fsp3) is 0.556. The van der Waals surface area contributed by atoms with E-state index in [1.54, 1.807) is 19.9 Å². The van der Waals surface area contributed by atoms with Crippen molar-refractivity contribution >= 4 is 5.91 Å². The van der Waals surface area contributed by atoms with Crippen molar-refractivity contribution in [2.75, 3.05) is 6.54 Å². The summed E-state index contributed by atoms with van der Waals surface area (Å²) in [6.45, 7) is 3.83. The van der Waals surface area contributed by atoms with E-state index in [0.29, 0.717) is 18.7 Å². The summed E-state index contributed by atoms with van der Waals surface area (Å²) in [6, 6.07) is 1.57. The fourth-order valence-corrected chi connectivity index (χ4v) is 0.959. The van der Waals surface area contributed by atoms with Crippen LogP contribution in [0.5, 0.6) is 0 Å². The Morgan fingerprint density at radius 2 is 2.50 bits per heavy atom. The molecule has 0 aliphatic heterocycles. The van der Waals surface area contributed by atoms with Gasteiger partial charge in [-0.2, -0.15) is 0 Å². The SMILES string of the molecule is Cc1cc(C(=O)NCCC(C)O)no1. The maximum absolute atomic E-state index is 11.3. The van der Waals surface area contributed by atoms with E-state index in [9.17, 15) is 4.79 Å². The van der Waals surface area contributed by atoms with Crippen molar-refractivity contribution in [2.45, 2.75) is 26.4 Å². The smallest absolute Gasteiger partial charge is 0.273 e. The summed E-state index contributed by atoms with van der Waals surface area (Å²) in [4.78, 5) is 11.3. The van der Waals surface area contributed by atoms with Crippen LogP contribution in [-0.4, -0.2) is 28.8 Å². The number of aromatic nitrogens is 1. The van der Waals surface area contributed by atoms with Crippen LogP contribution in [0.1, 0.15) is 29.6 Å². The summed E-state index contributed by atoms with van der Waals surface area (Å²) in [5, 5.41) is 15.1. The van der Waals surface area contributed by atoms with Crippen molar-refractivity contribution in [1.82, 2.24) is 10.5 Å². The molecule has 1 amide bonds. The molecule has 2 N–H and O–H groups in total. The Kier molecular flexibility index (Phi) is 3.64. The number of hydrogen-bond donors (Lipinski definition) is 2. The molecule has 0 spiro atoms. The van der Waals surface area contributed by atoms with E-state index in [1.807, 2.05) is 0 Å². The number of rotatable bonds is 4. The van der Waals surface area contributed by atoms with Gasteiger partial charge in [-0.05, 0) is 20.3 Å². The Bertz CT molecular complexity index is 307. The molecule has 1 aromatic rings. The molecule has 1 unspecified atom stereocenters. The minimum atomic E-state index is -0.408. The zero-order valence-corrected chi connectivity index (χ0v) is 8.28. The van der Waals surface area contributed by atoms with Gasteiger partial charge in [-0.1, -0.05) is 5.16 Å². The lowest BCUT2D eigenvalue weighted by Gasteiger charge is -2.04. The summed E-state index contributed by atoms with van der Waals surface area (Å²) < 4.78 is 4.75. The molecule has 0 saturated carbocycles. The highest BCUT2D eigenvalue weighted by atomic mass is 16.5. The van der Waals surface area contributed by atoms with Crippen LogP contribution >= 0.6 is 0 Å². The molecule has 0 aromatic carbocycles. The normalized spacial score (nSPS) is 12.5. The number of aliphatic hydroxyl groups excluding tert-OH is 1. The summed E-state index contributed by atoms with van der Waals surface area (Å²) >= 11 is 0. The Hall–Kier alpha value is -1.36. The molecule has 0 saturated heterocycles. The zero-order chi connectivity index (χ0) is 10.6. The number of aliphatic hydroxyl groups is 1. The molecule has 1 rings (SSSR count). The van der Waals surface area contributed by atoms with E-state index in [0.717, 1.165) is 0 Å². The number of hydrogen-bond acceptors (Lipinski definition) is 4. The van der Waals surface area contributed by atoms with Crippen molar-refractivity contribution in [3.05, 3.63) is 17.5 Å². The molecule has 0 radical (unpaired) electrons. The molecule has 1 aromatic heterocycles. The van der Waals surface area contributed by atoms with Gasteiger partial charge in [-0.3, -0.25) is 4.79 Å². The minimum absolute atomic E-state index is 0.271. The van der Waals surface area contributed by atoms with Gasteiger partial charge in [0.25, 0.3) is 5.91 Å². The Morgan fingerprint density at radius 1 is 1.79 bits per heavy atom. The highest BCUT2D eigenvalue weighted by Gasteiger charge is 2.09. The lowest BCUT2D eigenvalue weighted by molar-refractivity contribution is 0.0936. The van der Waals surface area contributed by atoms with E-state index in [2.05, 4.69) is 10.5 Å². The van der Waals surface area contributed by atoms with Gasteiger partial charge in [0.1, 0.15) is 5.76 Å².